The third-order valence-electron chi connectivity index (χ3n) is 2.55. The first-order valence-corrected chi connectivity index (χ1v) is 4.66. The second-order valence-corrected chi connectivity index (χ2v) is 3.27. The van der Waals surface area contributed by atoms with Gasteiger partial charge in [-0.25, -0.2) is 0 Å². The summed E-state index contributed by atoms with van der Waals surface area (Å²) in [6.45, 7) is 11.1. The molecule has 4 atom stereocenters. The van der Waals surface area contributed by atoms with Crippen LogP contribution in [0.1, 0.15) is 0 Å². The SMILES string of the molecule is C=CN[C@@H]1OC(CO)[C@@H](C=C)[C@H]1C=C. The average molecular weight is 195 g/mol. The van der Waals surface area contributed by atoms with E-state index >= 15 is 0 Å². The van der Waals surface area contributed by atoms with Gasteiger partial charge in [-0.15, -0.1) is 13.2 Å². The van der Waals surface area contributed by atoms with E-state index in [2.05, 4.69) is 25.1 Å². The van der Waals surface area contributed by atoms with E-state index in [4.69, 9.17) is 9.84 Å². The lowest BCUT2D eigenvalue weighted by molar-refractivity contribution is -0.00640. The molecule has 1 aliphatic rings. The van der Waals surface area contributed by atoms with Crippen molar-refractivity contribution in [3.05, 3.63) is 38.1 Å². The van der Waals surface area contributed by atoms with Crippen molar-refractivity contribution in [1.82, 2.24) is 5.32 Å². The highest BCUT2D eigenvalue weighted by molar-refractivity contribution is 5.04. The summed E-state index contributed by atoms with van der Waals surface area (Å²) >= 11 is 0. The van der Waals surface area contributed by atoms with E-state index in [1.807, 2.05) is 6.08 Å². The number of hydrogen-bond donors (Lipinski definition) is 2. The Morgan fingerprint density at radius 3 is 2.29 bits per heavy atom. The van der Waals surface area contributed by atoms with Crippen molar-refractivity contribution in [3.63, 3.8) is 0 Å². The largest absolute Gasteiger partial charge is 0.394 e. The average Bonchev–Trinajstić information content (AvgIpc) is 2.55. The number of aliphatic hydroxyl groups is 1. The topological polar surface area (TPSA) is 41.5 Å². The number of rotatable bonds is 5. The first-order chi connectivity index (χ1) is 6.78. The molecule has 78 valence electrons. The summed E-state index contributed by atoms with van der Waals surface area (Å²) in [4.78, 5) is 0. The number of aliphatic hydroxyl groups excluding tert-OH is 1. The third-order valence-corrected chi connectivity index (χ3v) is 2.55. The minimum Gasteiger partial charge on any atom is -0.394 e. The molecule has 0 aromatic heterocycles. The molecule has 1 rings (SSSR count). The Morgan fingerprint density at radius 1 is 1.21 bits per heavy atom. The smallest absolute Gasteiger partial charge is 0.134 e. The Kier molecular flexibility index (Phi) is 3.92. The van der Waals surface area contributed by atoms with E-state index in [0.717, 1.165) is 0 Å². The van der Waals surface area contributed by atoms with Gasteiger partial charge in [0.2, 0.25) is 0 Å². The molecule has 3 heteroatoms. The van der Waals surface area contributed by atoms with Crippen molar-refractivity contribution in [2.45, 2.75) is 12.3 Å². The Bertz CT molecular complexity index is 227. The molecule has 0 aromatic rings. The zero-order chi connectivity index (χ0) is 10.6. The lowest BCUT2D eigenvalue weighted by Gasteiger charge is -2.17. The van der Waals surface area contributed by atoms with Crippen LogP contribution in [-0.4, -0.2) is 24.0 Å². The fourth-order valence-electron chi connectivity index (χ4n) is 1.84. The summed E-state index contributed by atoms with van der Waals surface area (Å²) in [7, 11) is 0. The Morgan fingerprint density at radius 2 is 1.86 bits per heavy atom. The standard InChI is InChI=1S/C11H17NO2/c1-4-8-9(5-2)11(12-6-3)14-10(8)7-13/h4-6,8-13H,1-3,7H2/t8-,9+,10?,11+/m0/s1. The molecule has 0 aliphatic carbocycles. The molecule has 1 aliphatic heterocycles. The van der Waals surface area contributed by atoms with Gasteiger partial charge in [0.15, 0.2) is 0 Å². The van der Waals surface area contributed by atoms with Gasteiger partial charge in [-0.2, -0.15) is 0 Å². The molecule has 0 bridgehead atoms. The van der Waals surface area contributed by atoms with Crippen LogP contribution < -0.4 is 5.32 Å². The van der Waals surface area contributed by atoms with Crippen LogP contribution in [0.25, 0.3) is 0 Å². The van der Waals surface area contributed by atoms with Gasteiger partial charge in [0.25, 0.3) is 0 Å². The zero-order valence-electron chi connectivity index (χ0n) is 8.23. The van der Waals surface area contributed by atoms with Crippen LogP contribution in [-0.2, 0) is 4.74 Å². The molecule has 3 nitrogen and oxygen atoms in total. The van der Waals surface area contributed by atoms with E-state index in [9.17, 15) is 0 Å². The molecule has 1 unspecified atom stereocenters. The maximum absolute atomic E-state index is 9.11. The minimum absolute atomic E-state index is 0.00362. The fourth-order valence-corrected chi connectivity index (χ4v) is 1.84. The summed E-state index contributed by atoms with van der Waals surface area (Å²) < 4.78 is 5.58. The second kappa shape index (κ2) is 4.98. The minimum atomic E-state index is -0.201. The first-order valence-electron chi connectivity index (χ1n) is 4.66. The Hall–Kier alpha value is -1.06. The highest BCUT2D eigenvalue weighted by atomic mass is 16.5. The predicted molar refractivity (Wildman–Crippen MR) is 56.5 cm³/mol. The van der Waals surface area contributed by atoms with E-state index in [1.54, 1.807) is 12.3 Å². The second-order valence-electron chi connectivity index (χ2n) is 3.27. The molecule has 14 heavy (non-hydrogen) atoms. The predicted octanol–water partition coefficient (Wildman–Crippen LogP) is 1.04. The van der Waals surface area contributed by atoms with Crippen molar-refractivity contribution in [3.8, 4) is 0 Å². The van der Waals surface area contributed by atoms with Crippen LogP contribution in [0.4, 0.5) is 0 Å². The van der Waals surface area contributed by atoms with Crippen LogP contribution in [0.3, 0.4) is 0 Å². The lowest BCUT2D eigenvalue weighted by Crippen LogP contribution is -2.30. The van der Waals surface area contributed by atoms with Gasteiger partial charge < -0.3 is 15.2 Å². The van der Waals surface area contributed by atoms with Crippen LogP contribution in [0, 0.1) is 11.8 Å². The number of nitrogens with one attached hydrogen (secondary N) is 1. The van der Waals surface area contributed by atoms with Gasteiger partial charge >= 0.3 is 0 Å². The number of ether oxygens (including phenoxy) is 1. The van der Waals surface area contributed by atoms with Crippen molar-refractivity contribution in [1.29, 1.82) is 0 Å². The van der Waals surface area contributed by atoms with Crippen molar-refractivity contribution in [2.24, 2.45) is 11.8 Å². The molecule has 0 aromatic carbocycles. The summed E-state index contributed by atoms with van der Waals surface area (Å²) in [6, 6.07) is 0. The zero-order valence-corrected chi connectivity index (χ0v) is 8.23. The maximum atomic E-state index is 9.11. The Balaban J connectivity index is 2.77. The highest BCUT2D eigenvalue weighted by Gasteiger charge is 2.40. The summed E-state index contributed by atoms with van der Waals surface area (Å²) in [5, 5.41) is 12.1. The van der Waals surface area contributed by atoms with Crippen molar-refractivity contribution >= 4 is 0 Å². The normalized spacial score (nSPS) is 36.4. The van der Waals surface area contributed by atoms with E-state index in [1.165, 1.54) is 0 Å². The van der Waals surface area contributed by atoms with Gasteiger partial charge in [-0.3, -0.25) is 0 Å². The third kappa shape index (κ3) is 1.89. The molecule has 0 saturated carbocycles. The molecule has 1 fully saturated rings. The molecule has 0 radical (unpaired) electrons. The maximum Gasteiger partial charge on any atom is 0.134 e. The van der Waals surface area contributed by atoms with Gasteiger partial charge in [-0.1, -0.05) is 18.7 Å². The molecule has 0 amide bonds. The van der Waals surface area contributed by atoms with Crippen LogP contribution in [0.5, 0.6) is 0 Å². The molecule has 1 heterocycles. The molecule has 0 spiro atoms. The molecule has 1 saturated heterocycles. The quantitative estimate of drug-likeness (QED) is 0.644. The van der Waals surface area contributed by atoms with Crippen molar-refractivity contribution in [2.75, 3.05) is 6.61 Å². The molecular formula is C11H17NO2. The lowest BCUT2D eigenvalue weighted by atomic mass is 9.90. The summed E-state index contributed by atoms with van der Waals surface area (Å²) in [5.74, 6) is 0.234. The molecule has 2 N–H and O–H groups in total. The Labute approximate surface area is 84.8 Å². The summed E-state index contributed by atoms with van der Waals surface area (Å²) in [6.07, 6.45) is 4.85. The van der Waals surface area contributed by atoms with Crippen LogP contribution in [0.15, 0.2) is 38.1 Å². The van der Waals surface area contributed by atoms with Gasteiger partial charge in [0.1, 0.15) is 6.23 Å². The van der Waals surface area contributed by atoms with Crippen molar-refractivity contribution < 1.29 is 9.84 Å². The first kappa shape index (κ1) is 11.0. The van der Waals surface area contributed by atoms with E-state index in [-0.39, 0.29) is 30.8 Å². The van der Waals surface area contributed by atoms with Gasteiger partial charge in [0, 0.05) is 11.8 Å². The summed E-state index contributed by atoms with van der Waals surface area (Å²) in [5.41, 5.74) is 0. The monoisotopic (exact) mass is 195 g/mol. The fraction of sp³-hybridized carbons (Fsp3) is 0.455. The van der Waals surface area contributed by atoms with E-state index in [0.29, 0.717) is 0 Å². The van der Waals surface area contributed by atoms with Crippen LogP contribution >= 0.6 is 0 Å². The van der Waals surface area contributed by atoms with E-state index < -0.39 is 0 Å². The van der Waals surface area contributed by atoms with Gasteiger partial charge in [0.05, 0.1) is 12.7 Å². The van der Waals surface area contributed by atoms with Crippen LogP contribution in [0.2, 0.25) is 0 Å². The van der Waals surface area contributed by atoms with Gasteiger partial charge in [-0.05, 0) is 6.20 Å². The highest BCUT2D eigenvalue weighted by Crippen LogP contribution is 2.32. The molecular weight excluding hydrogens is 178 g/mol. The number of hydrogen-bond acceptors (Lipinski definition) is 3.